The number of imidazole rings is 1. The van der Waals surface area contributed by atoms with Crippen LogP contribution in [0.5, 0.6) is 0 Å². The molecule has 1 aromatic heterocycles. The Kier molecular flexibility index (Phi) is 4.04. The van der Waals surface area contributed by atoms with E-state index >= 15 is 0 Å². The lowest BCUT2D eigenvalue weighted by Gasteiger charge is -2.27. The summed E-state index contributed by atoms with van der Waals surface area (Å²) < 4.78 is 27.0. The van der Waals surface area contributed by atoms with Crippen LogP contribution in [0.25, 0.3) is 0 Å². The molecule has 0 radical (unpaired) electrons. The Labute approximate surface area is 108 Å². The molecule has 1 aliphatic heterocycles. The van der Waals surface area contributed by atoms with Gasteiger partial charge in [0.2, 0.25) is 0 Å². The molecule has 2 heterocycles. The highest BCUT2D eigenvalue weighted by Gasteiger charge is 2.25. The number of H-pyrrole nitrogens is 1. The molecule has 0 spiro atoms. The lowest BCUT2D eigenvalue weighted by Crippen LogP contribution is -2.48. The number of rotatable bonds is 4. The molecule has 1 aliphatic rings. The Morgan fingerprint density at radius 2 is 2.28 bits per heavy atom. The Bertz CT molecular complexity index is 497. The average molecular weight is 272 g/mol. The van der Waals surface area contributed by atoms with Gasteiger partial charge in [-0.1, -0.05) is 13.8 Å². The van der Waals surface area contributed by atoms with Crippen LogP contribution in [0.3, 0.4) is 0 Å². The van der Waals surface area contributed by atoms with Crippen LogP contribution in [0.1, 0.15) is 26.1 Å². The molecule has 7 heteroatoms. The van der Waals surface area contributed by atoms with Crippen LogP contribution in [0, 0.1) is 5.92 Å². The van der Waals surface area contributed by atoms with Gasteiger partial charge >= 0.3 is 0 Å². The zero-order valence-electron chi connectivity index (χ0n) is 10.7. The molecule has 0 aliphatic carbocycles. The van der Waals surface area contributed by atoms with E-state index in [1.54, 1.807) is 0 Å². The van der Waals surface area contributed by atoms with Crippen molar-refractivity contribution in [3.05, 3.63) is 12.0 Å². The van der Waals surface area contributed by atoms with E-state index in [1.807, 2.05) is 6.92 Å². The highest BCUT2D eigenvalue weighted by molar-refractivity contribution is 7.89. The van der Waals surface area contributed by atoms with Crippen molar-refractivity contribution in [1.29, 1.82) is 0 Å². The minimum Gasteiger partial charge on any atom is -0.332 e. The predicted octanol–water partition coefficient (Wildman–Crippen LogP) is 0.248. The van der Waals surface area contributed by atoms with Crippen molar-refractivity contribution in [2.24, 2.45) is 5.92 Å². The lowest BCUT2D eigenvalue weighted by atomic mass is 9.99. The van der Waals surface area contributed by atoms with Crippen LogP contribution in [-0.2, 0) is 16.4 Å². The van der Waals surface area contributed by atoms with E-state index in [-0.39, 0.29) is 11.1 Å². The minimum atomic E-state index is -3.48. The monoisotopic (exact) mass is 272 g/mol. The SMILES string of the molecule is CCc1ncc(S(=O)(=O)NC2CNCC(C)C2)[nH]1. The Morgan fingerprint density at radius 1 is 1.50 bits per heavy atom. The number of aromatic nitrogens is 2. The first-order chi connectivity index (χ1) is 8.51. The van der Waals surface area contributed by atoms with Gasteiger partial charge in [-0.3, -0.25) is 0 Å². The Hall–Kier alpha value is -0.920. The van der Waals surface area contributed by atoms with Crippen LogP contribution in [0.4, 0.5) is 0 Å². The number of hydrogen-bond acceptors (Lipinski definition) is 4. The second kappa shape index (κ2) is 5.38. The topological polar surface area (TPSA) is 86.9 Å². The normalized spacial score (nSPS) is 25.2. The van der Waals surface area contributed by atoms with E-state index in [4.69, 9.17) is 0 Å². The van der Waals surface area contributed by atoms with E-state index in [0.717, 1.165) is 13.0 Å². The highest BCUT2D eigenvalue weighted by atomic mass is 32.2. The number of sulfonamides is 1. The zero-order chi connectivity index (χ0) is 13.2. The Balaban J connectivity index is 2.06. The lowest BCUT2D eigenvalue weighted by molar-refractivity contribution is 0.346. The fourth-order valence-corrected chi connectivity index (χ4v) is 3.38. The summed E-state index contributed by atoms with van der Waals surface area (Å²) in [6, 6.07) is -0.0490. The number of hydrogen-bond donors (Lipinski definition) is 3. The fourth-order valence-electron chi connectivity index (χ4n) is 2.19. The van der Waals surface area contributed by atoms with Crippen molar-refractivity contribution in [3.63, 3.8) is 0 Å². The second-order valence-electron chi connectivity index (χ2n) is 4.87. The third-order valence-corrected chi connectivity index (χ3v) is 4.55. The van der Waals surface area contributed by atoms with E-state index in [2.05, 4.69) is 26.9 Å². The molecule has 0 bridgehead atoms. The summed E-state index contributed by atoms with van der Waals surface area (Å²) in [6.07, 6.45) is 2.93. The third-order valence-electron chi connectivity index (χ3n) is 3.12. The molecular weight excluding hydrogens is 252 g/mol. The van der Waals surface area contributed by atoms with Gasteiger partial charge in [-0.25, -0.2) is 18.1 Å². The standard InChI is InChI=1S/C11H20N4O2S/c1-3-10-13-7-11(14-10)18(16,17)15-9-4-8(2)5-12-6-9/h7-9,12,15H,3-6H2,1-2H3,(H,13,14). The van der Waals surface area contributed by atoms with Crippen LogP contribution in [-0.4, -0.2) is 37.5 Å². The molecule has 1 saturated heterocycles. The van der Waals surface area contributed by atoms with Gasteiger partial charge in [0.05, 0.1) is 6.20 Å². The molecular formula is C11H20N4O2S. The zero-order valence-corrected chi connectivity index (χ0v) is 11.5. The second-order valence-corrected chi connectivity index (χ2v) is 6.55. The van der Waals surface area contributed by atoms with Gasteiger partial charge in [0.1, 0.15) is 5.82 Å². The van der Waals surface area contributed by atoms with Crippen LogP contribution >= 0.6 is 0 Å². The molecule has 102 valence electrons. The van der Waals surface area contributed by atoms with Gasteiger partial charge in [0.15, 0.2) is 5.03 Å². The first kappa shape index (κ1) is 13.5. The molecule has 2 rings (SSSR count). The van der Waals surface area contributed by atoms with Crippen molar-refractivity contribution < 1.29 is 8.42 Å². The molecule has 3 N–H and O–H groups in total. The van der Waals surface area contributed by atoms with Crippen molar-refractivity contribution in [2.45, 2.75) is 37.8 Å². The molecule has 6 nitrogen and oxygen atoms in total. The summed E-state index contributed by atoms with van der Waals surface area (Å²) in [4.78, 5) is 6.84. The van der Waals surface area contributed by atoms with Crippen molar-refractivity contribution in [2.75, 3.05) is 13.1 Å². The smallest absolute Gasteiger partial charge is 0.257 e. The molecule has 2 atom stereocenters. The summed E-state index contributed by atoms with van der Waals surface area (Å²) in [5.41, 5.74) is 0. The van der Waals surface area contributed by atoms with E-state index < -0.39 is 10.0 Å². The number of nitrogens with one attached hydrogen (secondary N) is 3. The van der Waals surface area contributed by atoms with Gasteiger partial charge in [-0.2, -0.15) is 0 Å². The predicted molar refractivity (Wildman–Crippen MR) is 68.7 cm³/mol. The number of aromatic amines is 1. The number of piperidine rings is 1. The first-order valence-corrected chi connectivity index (χ1v) is 7.76. The maximum absolute atomic E-state index is 12.1. The number of aryl methyl sites for hydroxylation is 1. The molecule has 0 amide bonds. The van der Waals surface area contributed by atoms with Gasteiger partial charge in [0, 0.05) is 19.0 Å². The molecule has 1 fully saturated rings. The average Bonchev–Trinajstić information content (AvgIpc) is 2.77. The summed E-state index contributed by atoms with van der Waals surface area (Å²) in [7, 11) is -3.48. The molecule has 2 unspecified atom stereocenters. The van der Waals surface area contributed by atoms with Gasteiger partial charge in [0.25, 0.3) is 10.0 Å². The van der Waals surface area contributed by atoms with Gasteiger partial charge in [-0.15, -0.1) is 0 Å². The van der Waals surface area contributed by atoms with Crippen LogP contribution < -0.4 is 10.0 Å². The maximum Gasteiger partial charge on any atom is 0.257 e. The first-order valence-electron chi connectivity index (χ1n) is 6.28. The Morgan fingerprint density at radius 3 is 2.89 bits per heavy atom. The van der Waals surface area contributed by atoms with E-state index in [1.165, 1.54) is 6.20 Å². The third kappa shape index (κ3) is 3.09. The molecule has 18 heavy (non-hydrogen) atoms. The van der Waals surface area contributed by atoms with Gasteiger partial charge in [-0.05, 0) is 18.9 Å². The maximum atomic E-state index is 12.1. The van der Waals surface area contributed by atoms with Crippen LogP contribution in [0.15, 0.2) is 11.2 Å². The van der Waals surface area contributed by atoms with E-state index in [0.29, 0.717) is 24.7 Å². The van der Waals surface area contributed by atoms with Crippen LogP contribution in [0.2, 0.25) is 0 Å². The summed E-state index contributed by atoms with van der Waals surface area (Å²) >= 11 is 0. The quantitative estimate of drug-likeness (QED) is 0.733. The molecule has 0 aromatic carbocycles. The van der Waals surface area contributed by atoms with Crippen molar-refractivity contribution >= 4 is 10.0 Å². The minimum absolute atomic E-state index is 0.0490. The highest BCUT2D eigenvalue weighted by Crippen LogP contribution is 2.13. The summed E-state index contributed by atoms with van der Waals surface area (Å²) in [5, 5.41) is 3.37. The number of nitrogens with zero attached hydrogens (tertiary/aromatic N) is 1. The van der Waals surface area contributed by atoms with Crippen molar-refractivity contribution in [1.82, 2.24) is 20.0 Å². The molecule has 1 aromatic rings. The largest absolute Gasteiger partial charge is 0.332 e. The summed E-state index contributed by atoms with van der Waals surface area (Å²) in [5.74, 6) is 1.17. The fraction of sp³-hybridized carbons (Fsp3) is 0.727. The van der Waals surface area contributed by atoms with Crippen molar-refractivity contribution in [3.8, 4) is 0 Å². The molecule has 0 saturated carbocycles. The summed E-state index contributed by atoms with van der Waals surface area (Å²) in [6.45, 7) is 5.66. The van der Waals surface area contributed by atoms with Gasteiger partial charge < -0.3 is 10.3 Å². The van der Waals surface area contributed by atoms with E-state index in [9.17, 15) is 8.42 Å².